The Kier molecular flexibility index (Phi) is 11.5. The topological polar surface area (TPSA) is 71.1 Å². The van der Waals surface area contributed by atoms with Crippen LogP contribution in [0, 0.1) is 0 Å². The zero-order valence-corrected chi connectivity index (χ0v) is 25.3. The van der Waals surface area contributed by atoms with Crippen molar-refractivity contribution in [2.45, 2.75) is 89.3 Å². The van der Waals surface area contributed by atoms with Crippen molar-refractivity contribution < 1.29 is 28.2 Å². The lowest BCUT2D eigenvalue weighted by Gasteiger charge is -2.43. The summed E-state index contributed by atoms with van der Waals surface area (Å²) in [6.07, 6.45) is 4.59. The predicted molar refractivity (Wildman–Crippen MR) is 161 cm³/mol. The van der Waals surface area contributed by atoms with Gasteiger partial charge in [-0.05, 0) is 21.8 Å². The molecule has 1 heterocycles. The smallest absolute Gasteiger partial charge is 0.330 e. The molecule has 4 atom stereocenters. The molecule has 1 aliphatic heterocycles. The van der Waals surface area contributed by atoms with Crippen LogP contribution < -0.4 is 10.4 Å². The molecule has 1 fully saturated rings. The lowest BCUT2D eigenvalue weighted by Crippen LogP contribution is -2.66. The number of carbonyl (C=O) groups excluding carboxylic acids is 2. The maximum absolute atomic E-state index is 11.9. The minimum absolute atomic E-state index is 0.126. The first kappa shape index (κ1) is 31.5. The van der Waals surface area contributed by atoms with Crippen molar-refractivity contribution in [1.29, 1.82) is 0 Å². The molecule has 0 N–H and O–H groups in total. The number of rotatable bonds is 13. The monoisotopic (exact) mass is 564 g/mol. The van der Waals surface area contributed by atoms with E-state index in [1.54, 1.807) is 6.08 Å². The van der Waals surface area contributed by atoms with Crippen molar-refractivity contribution in [3.8, 4) is 0 Å². The second-order valence-electron chi connectivity index (χ2n) is 11.4. The van der Waals surface area contributed by atoms with Crippen LogP contribution in [0.5, 0.6) is 0 Å². The SMILES string of the molecule is C=CC[C@@H](C[C@@H]1C[C@@H](OC(C)=O)C[C@@H](CCO[Si](c2ccccc2)(c2ccccc2)C(C)(C)C)O1)OC(=O)C=C. The molecule has 0 aliphatic carbocycles. The van der Waals surface area contributed by atoms with E-state index in [9.17, 15) is 9.59 Å². The van der Waals surface area contributed by atoms with E-state index in [4.69, 9.17) is 18.6 Å². The maximum Gasteiger partial charge on any atom is 0.330 e. The molecule has 2 aromatic rings. The quantitative estimate of drug-likeness (QED) is 0.139. The number of hydrogen-bond acceptors (Lipinski definition) is 6. The maximum atomic E-state index is 11.9. The van der Waals surface area contributed by atoms with Crippen molar-refractivity contribution in [3.05, 3.63) is 86.0 Å². The molecule has 6 nitrogen and oxygen atoms in total. The Labute approximate surface area is 240 Å². The Morgan fingerprint density at radius 2 is 1.57 bits per heavy atom. The minimum atomic E-state index is -2.67. The standard InChI is InChI=1S/C33H44O6Si/c1-7-15-26(39-32(35)8-2)22-29-24-28(37-25(3)34)23-27(38-29)20-21-36-40(33(4,5)6,30-16-11-9-12-17-30)31-18-13-10-14-19-31/h7-14,16-19,26-29H,1-2,15,20-24H2,3-6H3/t26-,27+,28-,29+/m0/s1. The van der Waals surface area contributed by atoms with Gasteiger partial charge in [-0.25, -0.2) is 4.79 Å². The van der Waals surface area contributed by atoms with E-state index < -0.39 is 20.4 Å². The second-order valence-corrected chi connectivity index (χ2v) is 15.7. The van der Waals surface area contributed by atoms with Gasteiger partial charge in [0.1, 0.15) is 12.2 Å². The molecule has 216 valence electrons. The molecule has 0 amide bonds. The first-order chi connectivity index (χ1) is 19.1. The predicted octanol–water partition coefficient (Wildman–Crippen LogP) is 5.50. The van der Waals surface area contributed by atoms with Crippen LogP contribution in [0.15, 0.2) is 86.0 Å². The van der Waals surface area contributed by atoms with Gasteiger partial charge in [0.15, 0.2) is 0 Å². The molecule has 3 rings (SSSR count). The average Bonchev–Trinajstić information content (AvgIpc) is 2.91. The van der Waals surface area contributed by atoms with E-state index in [1.165, 1.54) is 17.3 Å². The summed E-state index contributed by atoms with van der Waals surface area (Å²) in [6, 6.07) is 21.1. The molecule has 0 radical (unpaired) electrons. The van der Waals surface area contributed by atoms with Crippen LogP contribution in [-0.4, -0.2) is 51.3 Å². The van der Waals surface area contributed by atoms with E-state index in [1.807, 2.05) is 12.1 Å². The van der Waals surface area contributed by atoms with Crippen molar-refractivity contribution in [1.82, 2.24) is 0 Å². The van der Waals surface area contributed by atoms with Gasteiger partial charge in [-0.2, -0.15) is 0 Å². The fraction of sp³-hybridized carbons (Fsp3) is 0.455. The second kappa shape index (κ2) is 14.6. The Morgan fingerprint density at radius 3 is 2.08 bits per heavy atom. The van der Waals surface area contributed by atoms with Crippen molar-refractivity contribution in [2.24, 2.45) is 0 Å². The minimum Gasteiger partial charge on any atom is -0.462 e. The molecule has 0 aromatic heterocycles. The zero-order valence-electron chi connectivity index (χ0n) is 24.3. The number of ether oxygens (including phenoxy) is 3. The summed E-state index contributed by atoms with van der Waals surface area (Å²) < 4.78 is 24.7. The third kappa shape index (κ3) is 8.26. The first-order valence-electron chi connectivity index (χ1n) is 14.1. The first-order valence-corrected chi connectivity index (χ1v) is 16.0. The van der Waals surface area contributed by atoms with Gasteiger partial charge in [-0.3, -0.25) is 4.79 Å². The largest absolute Gasteiger partial charge is 0.462 e. The van der Waals surface area contributed by atoms with Crippen LogP contribution in [0.2, 0.25) is 5.04 Å². The lowest BCUT2D eigenvalue weighted by molar-refractivity contribution is -0.164. The van der Waals surface area contributed by atoms with Gasteiger partial charge in [-0.15, -0.1) is 6.58 Å². The molecular weight excluding hydrogens is 520 g/mol. The third-order valence-corrected chi connectivity index (χ3v) is 12.4. The lowest BCUT2D eigenvalue weighted by atomic mass is 9.95. The molecule has 0 unspecified atom stereocenters. The molecule has 1 aliphatic rings. The summed E-state index contributed by atoms with van der Waals surface area (Å²) in [7, 11) is -2.67. The Hall–Kier alpha value is -3.00. The van der Waals surface area contributed by atoms with Crippen molar-refractivity contribution in [2.75, 3.05) is 6.61 Å². The molecule has 0 saturated carbocycles. The summed E-state index contributed by atoms with van der Waals surface area (Å²) in [6.45, 7) is 16.0. The van der Waals surface area contributed by atoms with E-state index in [0.29, 0.717) is 38.7 Å². The van der Waals surface area contributed by atoms with Crippen molar-refractivity contribution >= 4 is 30.6 Å². The van der Waals surface area contributed by atoms with Crippen LogP contribution in [0.3, 0.4) is 0 Å². The number of carbonyl (C=O) groups is 2. The normalized spacial score (nSPS) is 20.2. The van der Waals surface area contributed by atoms with E-state index in [0.717, 1.165) is 6.08 Å². The Morgan fingerprint density at radius 1 is 1.00 bits per heavy atom. The molecule has 40 heavy (non-hydrogen) atoms. The van der Waals surface area contributed by atoms with Gasteiger partial charge in [0.25, 0.3) is 8.32 Å². The Bertz CT molecular complexity index is 1070. The fourth-order valence-corrected chi connectivity index (χ4v) is 10.3. The highest BCUT2D eigenvalue weighted by Gasteiger charge is 2.50. The highest BCUT2D eigenvalue weighted by molar-refractivity contribution is 6.99. The van der Waals surface area contributed by atoms with Crippen LogP contribution in [-0.2, 0) is 28.2 Å². The van der Waals surface area contributed by atoms with Gasteiger partial charge >= 0.3 is 11.9 Å². The van der Waals surface area contributed by atoms with Crippen LogP contribution in [0.1, 0.15) is 59.8 Å². The summed E-state index contributed by atoms with van der Waals surface area (Å²) in [5.74, 6) is -0.789. The van der Waals surface area contributed by atoms with Crippen LogP contribution in [0.25, 0.3) is 0 Å². The van der Waals surface area contributed by atoms with Crippen LogP contribution >= 0.6 is 0 Å². The Balaban J connectivity index is 1.80. The van der Waals surface area contributed by atoms with Gasteiger partial charge in [-0.1, -0.05) is 94.1 Å². The molecule has 0 spiro atoms. The highest BCUT2D eigenvalue weighted by Crippen LogP contribution is 2.37. The van der Waals surface area contributed by atoms with Crippen molar-refractivity contribution in [3.63, 3.8) is 0 Å². The van der Waals surface area contributed by atoms with E-state index in [2.05, 4.69) is 82.5 Å². The number of esters is 2. The van der Waals surface area contributed by atoms with Gasteiger partial charge in [0.05, 0.1) is 12.2 Å². The molecule has 1 saturated heterocycles. The summed E-state index contributed by atoms with van der Waals surface area (Å²) in [5.41, 5.74) is 0. The van der Waals surface area contributed by atoms with Gasteiger partial charge in [0.2, 0.25) is 0 Å². The summed E-state index contributed by atoms with van der Waals surface area (Å²) in [5, 5.41) is 2.33. The average molecular weight is 565 g/mol. The number of hydrogen-bond donors (Lipinski definition) is 0. The zero-order chi connectivity index (χ0) is 29.2. The summed E-state index contributed by atoms with van der Waals surface area (Å²) in [4.78, 5) is 23.7. The molecule has 7 heteroatoms. The number of benzene rings is 2. The van der Waals surface area contributed by atoms with Crippen LogP contribution in [0.4, 0.5) is 0 Å². The summed E-state index contributed by atoms with van der Waals surface area (Å²) >= 11 is 0. The highest BCUT2D eigenvalue weighted by atomic mass is 28.4. The van der Waals surface area contributed by atoms with Gasteiger partial charge < -0.3 is 18.6 Å². The van der Waals surface area contributed by atoms with Gasteiger partial charge in [0, 0.05) is 45.3 Å². The molecule has 2 aromatic carbocycles. The fourth-order valence-electron chi connectivity index (χ4n) is 5.72. The molecular formula is C33H44O6Si. The van der Waals surface area contributed by atoms with E-state index in [-0.39, 0.29) is 29.3 Å². The van der Waals surface area contributed by atoms with E-state index >= 15 is 0 Å². The molecule has 0 bridgehead atoms. The third-order valence-electron chi connectivity index (χ3n) is 7.35.